The third-order valence-corrected chi connectivity index (χ3v) is 7.94. The van der Waals surface area contributed by atoms with Crippen molar-refractivity contribution in [2.24, 2.45) is 0 Å². The Balaban J connectivity index is 1.40. The van der Waals surface area contributed by atoms with Gasteiger partial charge in [-0.3, -0.25) is 9.78 Å². The number of pyridine rings is 1. The highest BCUT2D eigenvalue weighted by Crippen LogP contribution is 2.43. The van der Waals surface area contributed by atoms with Crippen molar-refractivity contribution >= 4 is 12.0 Å². The van der Waals surface area contributed by atoms with E-state index in [4.69, 9.17) is 18.9 Å². The minimum atomic E-state index is -3.88. The van der Waals surface area contributed by atoms with Crippen molar-refractivity contribution in [3.8, 4) is 17.2 Å². The molecule has 0 N–H and O–H groups in total. The average molecular weight is 626 g/mol. The molecule has 2 heterocycles. The number of likely N-dealkylation sites (tertiary alicyclic amines) is 1. The molecule has 1 fully saturated rings. The van der Waals surface area contributed by atoms with Crippen LogP contribution in [0.1, 0.15) is 42.4 Å². The Morgan fingerprint density at radius 2 is 1.58 bits per heavy atom. The smallest absolute Gasteiger partial charge is 0.409 e. The van der Waals surface area contributed by atoms with E-state index in [9.17, 15) is 9.59 Å². The van der Waals surface area contributed by atoms with Crippen molar-refractivity contribution in [3.63, 3.8) is 0 Å². The number of alkyl halides is 2. The van der Waals surface area contributed by atoms with Crippen LogP contribution < -0.4 is 14.2 Å². The largest absolute Gasteiger partial charge is 0.493 e. The van der Waals surface area contributed by atoms with Crippen molar-refractivity contribution in [1.29, 1.82) is 0 Å². The lowest BCUT2D eigenvalue weighted by molar-refractivity contribution is -0.160. The Labute approximate surface area is 263 Å². The van der Waals surface area contributed by atoms with Crippen LogP contribution in [0.5, 0.6) is 17.2 Å². The van der Waals surface area contributed by atoms with Gasteiger partial charge in [-0.25, -0.2) is 4.79 Å². The molecule has 1 saturated heterocycles. The zero-order valence-electron chi connectivity index (χ0n) is 26.0. The number of rotatable bonds is 15. The summed E-state index contributed by atoms with van der Waals surface area (Å²) in [4.78, 5) is 33.5. The highest BCUT2D eigenvalue weighted by molar-refractivity contribution is 5.86. The van der Waals surface area contributed by atoms with E-state index in [0.717, 1.165) is 41.9 Å². The Morgan fingerprint density at radius 1 is 0.933 bits per heavy atom. The van der Waals surface area contributed by atoms with Crippen molar-refractivity contribution in [2.75, 3.05) is 47.6 Å². The Hall–Kier alpha value is -4.41. The van der Waals surface area contributed by atoms with Crippen LogP contribution >= 0.6 is 0 Å². The highest BCUT2D eigenvalue weighted by Gasteiger charge is 2.48. The molecule has 9 nitrogen and oxygen atoms in total. The maximum atomic E-state index is 15.7. The van der Waals surface area contributed by atoms with E-state index >= 15 is 8.78 Å². The maximum absolute atomic E-state index is 15.7. The summed E-state index contributed by atoms with van der Waals surface area (Å²) < 4.78 is 52.6. The quantitative estimate of drug-likeness (QED) is 0.208. The van der Waals surface area contributed by atoms with Gasteiger partial charge in [-0.05, 0) is 67.9 Å². The monoisotopic (exact) mass is 625 g/mol. The predicted molar refractivity (Wildman–Crippen MR) is 165 cm³/mol. The van der Waals surface area contributed by atoms with Crippen LogP contribution in [0, 0.1) is 0 Å². The molecule has 242 valence electrons. The van der Waals surface area contributed by atoms with E-state index in [1.165, 1.54) is 26.9 Å². The van der Waals surface area contributed by atoms with Gasteiger partial charge in [0.2, 0.25) is 5.75 Å². The summed E-state index contributed by atoms with van der Waals surface area (Å²) in [7, 11) is 4.00. The molecule has 0 unspecified atom stereocenters. The summed E-state index contributed by atoms with van der Waals surface area (Å²) in [5.41, 5.74) is 1.67. The first-order valence-corrected chi connectivity index (χ1v) is 15.1. The number of hydrogen-bond acceptors (Lipinski definition) is 7. The molecule has 4 rings (SSSR count). The molecular weight excluding hydrogens is 584 g/mol. The molecular formula is C34H41F2N3O6. The normalized spacial score (nSPS) is 14.6. The van der Waals surface area contributed by atoms with Gasteiger partial charge in [0.25, 0.3) is 5.91 Å². The molecule has 0 spiro atoms. The van der Waals surface area contributed by atoms with Crippen molar-refractivity contribution in [1.82, 2.24) is 14.8 Å². The lowest BCUT2D eigenvalue weighted by atomic mass is 10.0. The summed E-state index contributed by atoms with van der Waals surface area (Å²) in [6, 6.07) is 15.4. The van der Waals surface area contributed by atoms with Crippen molar-refractivity contribution < 1.29 is 37.3 Å². The Bertz CT molecular complexity index is 1320. The van der Waals surface area contributed by atoms with E-state index in [0.29, 0.717) is 32.4 Å². The molecule has 2 amide bonds. The predicted octanol–water partition coefficient (Wildman–Crippen LogP) is 5.89. The van der Waals surface area contributed by atoms with Crippen LogP contribution in [0.3, 0.4) is 0 Å². The second-order valence-corrected chi connectivity index (χ2v) is 10.9. The molecule has 0 saturated carbocycles. The summed E-state index contributed by atoms with van der Waals surface area (Å²) in [6.45, 7) is 0.906. The number of carbonyl (C=O) groups is 2. The van der Waals surface area contributed by atoms with E-state index in [1.807, 2.05) is 42.5 Å². The van der Waals surface area contributed by atoms with Gasteiger partial charge in [0.15, 0.2) is 11.5 Å². The number of amides is 2. The number of nitrogens with zero attached hydrogens (tertiary/aromatic N) is 3. The number of benzene rings is 2. The SMILES string of the molecule is COc1cc(C(F)(F)C(=O)N2CCC[C@H]2COC(=O)N(CCCc2ccccc2)CCCc2cccnc2)cc(OC)c1OC. The van der Waals surface area contributed by atoms with Crippen LogP contribution in [0.25, 0.3) is 0 Å². The van der Waals surface area contributed by atoms with Gasteiger partial charge in [0.1, 0.15) is 6.61 Å². The molecule has 1 aliphatic rings. The fourth-order valence-corrected chi connectivity index (χ4v) is 5.53. The first-order chi connectivity index (χ1) is 21.8. The van der Waals surface area contributed by atoms with E-state index in [-0.39, 0.29) is 30.4 Å². The number of ether oxygens (including phenoxy) is 4. The molecule has 0 radical (unpaired) electrons. The topological polar surface area (TPSA) is 90.4 Å². The molecule has 0 bridgehead atoms. The van der Waals surface area contributed by atoms with Gasteiger partial charge in [-0.1, -0.05) is 36.4 Å². The van der Waals surface area contributed by atoms with Gasteiger partial charge in [0, 0.05) is 37.6 Å². The minimum absolute atomic E-state index is 0.0158. The zero-order valence-corrected chi connectivity index (χ0v) is 26.0. The number of aryl methyl sites for hydroxylation is 2. The van der Waals surface area contributed by atoms with Crippen LogP contribution in [-0.2, 0) is 28.3 Å². The second-order valence-electron chi connectivity index (χ2n) is 10.9. The number of aromatic nitrogens is 1. The summed E-state index contributed by atoms with van der Waals surface area (Å²) in [6.07, 6.45) is 6.95. The van der Waals surface area contributed by atoms with Gasteiger partial charge >= 0.3 is 12.0 Å². The number of halogens is 2. The van der Waals surface area contributed by atoms with E-state index < -0.39 is 29.5 Å². The molecule has 1 atom stereocenters. The number of carbonyl (C=O) groups excluding carboxylic acids is 2. The summed E-state index contributed by atoms with van der Waals surface area (Å²) >= 11 is 0. The van der Waals surface area contributed by atoms with Crippen LogP contribution in [0.4, 0.5) is 13.6 Å². The molecule has 0 aliphatic carbocycles. The van der Waals surface area contributed by atoms with E-state index in [1.54, 1.807) is 17.3 Å². The third kappa shape index (κ3) is 8.61. The minimum Gasteiger partial charge on any atom is -0.493 e. The first-order valence-electron chi connectivity index (χ1n) is 15.1. The lowest BCUT2D eigenvalue weighted by Gasteiger charge is -2.30. The summed E-state index contributed by atoms with van der Waals surface area (Å²) in [5.74, 6) is -5.07. The fourth-order valence-electron chi connectivity index (χ4n) is 5.53. The Morgan fingerprint density at radius 3 is 2.18 bits per heavy atom. The van der Waals surface area contributed by atoms with E-state index in [2.05, 4.69) is 4.98 Å². The highest BCUT2D eigenvalue weighted by atomic mass is 19.3. The Kier molecular flexibility index (Phi) is 11.9. The summed E-state index contributed by atoms with van der Waals surface area (Å²) in [5, 5.41) is 0. The van der Waals surface area contributed by atoms with Gasteiger partial charge < -0.3 is 28.7 Å². The number of hydrogen-bond donors (Lipinski definition) is 0. The zero-order chi connectivity index (χ0) is 32.2. The van der Waals surface area contributed by atoms with Crippen LogP contribution in [0.2, 0.25) is 0 Å². The van der Waals surface area contributed by atoms with Gasteiger partial charge in [0.05, 0.1) is 27.4 Å². The first kappa shape index (κ1) is 33.5. The van der Waals surface area contributed by atoms with Crippen LogP contribution in [-0.4, -0.2) is 80.4 Å². The maximum Gasteiger partial charge on any atom is 0.409 e. The lowest BCUT2D eigenvalue weighted by Crippen LogP contribution is -2.47. The molecule has 1 aromatic heterocycles. The molecule has 3 aromatic rings. The van der Waals surface area contributed by atoms with Crippen molar-refractivity contribution in [2.45, 2.75) is 50.5 Å². The molecule has 1 aliphatic heterocycles. The fraction of sp³-hybridized carbons (Fsp3) is 0.441. The average Bonchev–Trinajstić information content (AvgIpc) is 3.54. The second kappa shape index (κ2) is 16.1. The molecule has 45 heavy (non-hydrogen) atoms. The van der Waals surface area contributed by atoms with Gasteiger partial charge in [-0.15, -0.1) is 0 Å². The third-order valence-electron chi connectivity index (χ3n) is 7.94. The van der Waals surface area contributed by atoms with Crippen LogP contribution in [0.15, 0.2) is 67.0 Å². The molecule has 2 aromatic carbocycles. The number of methoxy groups -OCH3 is 3. The standard InChI is InChI=1S/C34H41F2N3O6/c1-42-29-21-27(22-30(43-2)31(29)44-3)34(35,36)32(40)39-20-10-16-28(39)24-45-33(41)38(18-8-14-25-11-5-4-6-12-25)19-9-15-26-13-7-17-37-23-26/h4-7,11-13,17,21-23,28H,8-10,14-16,18-20,24H2,1-3H3/t28-/m0/s1. The van der Waals surface area contributed by atoms with Gasteiger partial charge in [-0.2, -0.15) is 8.78 Å². The van der Waals surface area contributed by atoms with Crippen molar-refractivity contribution in [3.05, 3.63) is 83.7 Å². The molecule has 11 heteroatoms.